The molecule has 2 heterocycles. The van der Waals surface area contributed by atoms with Crippen LogP contribution in [0.3, 0.4) is 0 Å². The Labute approximate surface area is 214 Å². The van der Waals surface area contributed by atoms with E-state index in [1.165, 1.54) is 0 Å². The third-order valence-corrected chi connectivity index (χ3v) is 5.94. The normalized spacial score (nSPS) is 19.3. The van der Waals surface area contributed by atoms with Crippen molar-refractivity contribution in [3.8, 4) is 5.75 Å². The molecule has 2 atom stereocenters. The molecular formula is C28H31F2N3O4. The molecule has 0 saturated carbocycles. The Morgan fingerprint density at radius 3 is 2.54 bits per heavy atom. The molecule has 0 spiro atoms. The van der Waals surface area contributed by atoms with Crippen LogP contribution in [0.5, 0.6) is 5.75 Å². The first kappa shape index (κ1) is 26.5. The van der Waals surface area contributed by atoms with Gasteiger partial charge in [0, 0.05) is 28.8 Å². The zero-order valence-corrected chi connectivity index (χ0v) is 21.3. The summed E-state index contributed by atoms with van der Waals surface area (Å²) < 4.78 is 39.3. The summed E-state index contributed by atoms with van der Waals surface area (Å²) in [5.74, 6) is -5.25. The number of pyridine rings is 1. The van der Waals surface area contributed by atoms with Gasteiger partial charge in [-0.25, -0.2) is 8.78 Å². The number of hydrogen-bond acceptors (Lipinski definition) is 6. The fourth-order valence-electron chi connectivity index (χ4n) is 4.32. The number of halogens is 2. The van der Waals surface area contributed by atoms with E-state index in [1.807, 2.05) is 37.3 Å². The van der Waals surface area contributed by atoms with Gasteiger partial charge in [0.2, 0.25) is 5.91 Å². The lowest BCUT2D eigenvalue weighted by atomic mass is 9.88. The van der Waals surface area contributed by atoms with Crippen molar-refractivity contribution in [3.63, 3.8) is 0 Å². The van der Waals surface area contributed by atoms with Gasteiger partial charge in [0.1, 0.15) is 24.0 Å². The maximum Gasteiger partial charge on any atom is 0.311 e. The average Bonchev–Trinajstić information content (AvgIpc) is 2.81. The lowest BCUT2D eigenvalue weighted by Crippen LogP contribution is -2.58. The summed E-state index contributed by atoms with van der Waals surface area (Å²) in [5, 5.41) is 6.24. The van der Waals surface area contributed by atoms with Crippen molar-refractivity contribution in [3.05, 3.63) is 65.9 Å². The molecule has 4 rings (SSSR count). The zero-order chi connectivity index (χ0) is 26.8. The van der Waals surface area contributed by atoms with E-state index in [-0.39, 0.29) is 0 Å². The largest absolute Gasteiger partial charge is 0.489 e. The molecule has 1 amide bonds. The van der Waals surface area contributed by atoms with Gasteiger partial charge in [-0.15, -0.1) is 0 Å². The number of anilines is 1. The third-order valence-electron chi connectivity index (χ3n) is 5.94. The predicted molar refractivity (Wildman–Crippen MR) is 137 cm³/mol. The minimum Gasteiger partial charge on any atom is -0.489 e. The van der Waals surface area contributed by atoms with Crippen LogP contribution in [-0.4, -0.2) is 41.0 Å². The van der Waals surface area contributed by atoms with Crippen LogP contribution in [0, 0.1) is 12.8 Å². The molecule has 0 bridgehead atoms. The minimum atomic E-state index is -3.12. The van der Waals surface area contributed by atoms with E-state index >= 15 is 0 Å². The molecule has 1 aromatic heterocycles. The van der Waals surface area contributed by atoms with Crippen LogP contribution in [0.15, 0.2) is 54.6 Å². The molecule has 1 fully saturated rings. The van der Waals surface area contributed by atoms with E-state index < -0.39 is 48.3 Å². The summed E-state index contributed by atoms with van der Waals surface area (Å²) in [4.78, 5) is 30.1. The predicted octanol–water partition coefficient (Wildman–Crippen LogP) is 5.02. The van der Waals surface area contributed by atoms with Gasteiger partial charge in [0.05, 0.1) is 18.0 Å². The van der Waals surface area contributed by atoms with Crippen LogP contribution in [-0.2, 0) is 20.9 Å². The number of amides is 1. The minimum absolute atomic E-state index is 0.341. The van der Waals surface area contributed by atoms with Gasteiger partial charge < -0.3 is 14.8 Å². The molecule has 2 N–H and O–H groups in total. The van der Waals surface area contributed by atoms with Crippen molar-refractivity contribution in [1.29, 1.82) is 0 Å². The summed E-state index contributed by atoms with van der Waals surface area (Å²) in [5.41, 5.74) is 2.40. The van der Waals surface area contributed by atoms with Crippen LogP contribution in [0.1, 0.15) is 38.4 Å². The Morgan fingerprint density at radius 2 is 1.84 bits per heavy atom. The van der Waals surface area contributed by atoms with E-state index in [2.05, 4.69) is 15.6 Å². The van der Waals surface area contributed by atoms with Crippen molar-refractivity contribution in [1.82, 2.24) is 10.3 Å². The Kier molecular flexibility index (Phi) is 7.45. The number of para-hydroxylation sites is 1. The third kappa shape index (κ3) is 6.80. The maximum absolute atomic E-state index is 14.0. The Balaban J connectivity index is 1.41. The van der Waals surface area contributed by atoms with Gasteiger partial charge in [-0.05, 0) is 64.1 Å². The van der Waals surface area contributed by atoms with Gasteiger partial charge >= 0.3 is 5.97 Å². The first-order chi connectivity index (χ1) is 17.4. The number of nitrogens with one attached hydrogen (secondary N) is 2. The first-order valence-electron chi connectivity index (χ1n) is 12.1. The molecular weight excluding hydrogens is 480 g/mol. The van der Waals surface area contributed by atoms with E-state index in [1.54, 1.807) is 45.0 Å². The maximum atomic E-state index is 14.0. The standard InChI is InChI=1S/C28H31F2N3O4/c1-17-13-18(21-7-5-6-8-23(21)32-17)15-36-20-11-9-19(10-12-20)33-25(34)24-22(14-28(29,30)16-31-24)26(35)37-27(2,3)4/h5-13,22,24,31H,14-16H2,1-4H3,(H,33,34)/t22-,24-/m0/s1. The number of carbonyl (C=O) groups excluding carboxylic acids is 2. The van der Waals surface area contributed by atoms with Gasteiger partial charge in [-0.3, -0.25) is 19.9 Å². The number of rotatable bonds is 6. The molecule has 9 heteroatoms. The van der Waals surface area contributed by atoms with E-state index in [9.17, 15) is 18.4 Å². The molecule has 2 aromatic carbocycles. The van der Waals surface area contributed by atoms with Crippen LogP contribution in [0.2, 0.25) is 0 Å². The van der Waals surface area contributed by atoms with Crippen molar-refractivity contribution >= 4 is 28.5 Å². The average molecular weight is 512 g/mol. The van der Waals surface area contributed by atoms with Crippen LogP contribution in [0.25, 0.3) is 10.9 Å². The van der Waals surface area contributed by atoms with Gasteiger partial charge in [-0.2, -0.15) is 0 Å². The molecule has 0 radical (unpaired) electrons. The quantitative estimate of drug-likeness (QED) is 0.452. The second-order valence-corrected chi connectivity index (χ2v) is 10.3. The smallest absolute Gasteiger partial charge is 0.311 e. The van der Waals surface area contributed by atoms with Crippen LogP contribution in [0.4, 0.5) is 14.5 Å². The van der Waals surface area contributed by atoms with Crippen molar-refractivity contribution in [2.24, 2.45) is 5.92 Å². The highest BCUT2D eigenvalue weighted by Gasteiger charge is 2.48. The fraction of sp³-hybridized carbons (Fsp3) is 0.393. The molecule has 0 aliphatic carbocycles. The van der Waals surface area contributed by atoms with E-state index in [0.717, 1.165) is 22.2 Å². The number of hydrogen-bond donors (Lipinski definition) is 2. The second-order valence-electron chi connectivity index (χ2n) is 10.3. The molecule has 3 aromatic rings. The number of aryl methyl sites for hydroxylation is 1. The second kappa shape index (κ2) is 10.4. The number of esters is 1. The Morgan fingerprint density at radius 1 is 1.14 bits per heavy atom. The molecule has 1 aliphatic heterocycles. The van der Waals surface area contributed by atoms with Gasteiger partial charge in [0.25, 0.3) is 5.92 Å². The number of ether oxygens (including phenoxy) is 2. The van der Waals surface area contributed by atoms with Gasteiger partial charge in [0.15, 0.2) is 0 Å². The summed E-state index contributed by atoms with van der Waals surface area (Å²) in [6.45, 7) is 6.53. The molecule has 0 unspecified atom stereocenters. The topological polar surface area (TPSA) is 89.6 Å². The van der Waals surface area contributed by atoms with Crippen molar-refractivity contribution in [2.75, 3.05) is 11.9 Å². The van der Waals surface area contributed by atoms with E-state index in [0.29, 0.717) is 18.0 Å². The lowest BCUT2D eigenvalue weighted by Gasteiger charge is -2.36. The SMILES string of the molecule is Cc1cc(COc2ccc(NC(=O)[C@H]3NCC(F)(F)C[C@@H]3C(=O)OC(C)(C)C)cc2)c2ccccc2n1. The highest BCUT2D eigenvalue weighted by Crippen LogP contribution is 2.32. The molecule has 1 aliphatic rings. The number of carbonyl (C=O) groups is 2. The first-order valence-corrected chi connectivity index (χ1v) is 12.1. The Hall–Kier alpha value is -3.59. The molecule has 7 nitrogen and oxygen atoms in total. The highest BCUT2D eigenvalue weighted by atomic mass is 19.3. The summed E-state index contributed by atoms with van der Waals surface area (Å²) >= 11 is 0. The number of benzene rings is 2. The number of aromatic nitrogens is 1. The number of fused-ring (bicyclic) bond motifs is 1. The van der Waals surface area contributed by atoms with Gasteiger partial charge in [-0.1, -0.05) is 18.2 Å². The van der Waals surface area contributed by atoms with Crippen molar-refractivity contribution < 1.29 is 27.8 Å². The molecule has 1 saturated heterocycles. The summed E-state index contributed by atoms with van der Waals surface area (Å²) in [6.07, 6.45) is -0.761. The highest BCUT2D eigenvalue weighted by molar-refractivity contribution is 5.98. The van der Waals surface area contributed by atoms with Crippen LogP contribution < -0.4 is 15.4 Å². The van der Waals surface area contributed by atoms with Crippen molar-refractivity contribution in [2.45, 2.75) is 58.3 Å². The fourth-order valence-corrected chi connectivity index (χ4v) is 4.32. The lowest BCUT2D eigenvalue weighted by molar-refractivity contribution is -0.169. The summed E-state index contributed by atoms with van der Waals surface area (Å²) in [6, 6.07) is 15.4. The number of nitrogens with zero attached hydrogens (tertiary/aromatic N) is 1. The Bertz CT molecular complexity index is 1290. The number of piperidine rings is 1. The van der Waals surface area contributed by atoms with E-state index in [4.69, 9.17) is 9.47 Å². The zero-order valence-electron chi connectivity index (χ0n) is 21.3. The molecule has 196 valence electrons. The van der Waals surface area contributed by atoms with Crippen LogP contribution >= 0.6 is 0 Å². The summed E-state index contributed by atoms with van der Waals surface area (Å²) in [7, 11) is 0. The molecule has 37 heavy (non-hydrogen) atoms. The monoisotopic (exact) mass is 511 g/mol. The number of alkyl halides is 2.